The van der Waals surface area contributed by atoms with Crippen LogP contribution in [0.25, 0.3) is 0 Å². The maximum atomic E-state index is 12.5. The molecule has 28 heavy (non-hydrogen) atoms. The summed E-state index contributed by atoms with van der Waals surface area (Å²) in [5.74, 6) is 0.0454. The monoisotopic (exact) mass is 395 g/mol. The van der Waals surface area contributed by atoms with Gasteiger partial charge in [-0.3, -0.25) is 4.79 Å². The van der Waals surface area contributed by atoms with E-state index in [4.69, 9.17) is 11.6 Å². The molecule has 2 N–H and O–H groups in total. The molecule has 144 valence electrons. The van der Waals surface area contributed by atoms with Crippen LogP contribution >= 0.6 is 11.6 Å². The van der Waals surface area contributed by atoms with Crippen LogP contribution < -0.4 is 15.5 Å². The lowest BCUT2D eigenvalue weighted by Crippen LogP contribution is -2.21. The third-order valence-corrected chi connectivity index (χ3v) is 4.49. The van der Waals surface area contributed by atoms with Crippen molar-refractivity contribution in [3.05, 3.63) is 71.5 Å². The fourth-order valence-electron chi connectivity index (χ4n) is 2.75. The predicted molar refractivity (Wildman–Crippen MR) is 115 cm³/mol. The van der Waals surface area contributed by atoms with Crippen LogP contribution in [0.2, 0.25) is 5.02 Å². The summed E-state index contributed by atoms with van der Waals surface area (Å²) >= 11 is 5.89. The molecular formula is C21H22ClN5O. The molecule has 0 saturated carbocycles. The first-order chi connectivity index (χ1) is 13.6. The summed E-state index contributed by atoms with van der Waals surface area (Å²) in [6, 6.07) is 16.5. The van der Waals surface area contributed by atoms with Crippen LogP contribution in [0.4, 0.5) is 23.0 Å². The summed E-state index contributed by atoms with van der Waals surface area (Å²) in [4.78, 5) is 23.2. The second-order valence-corrected chi connectivity index (χ2v) is 6.51. The third-order valence-electron chi connectivity index (χ3n) is 4.24. The van der Waals surface area contributed by atoms with Crippen LogP contribution in [0.15, 0.2) is 60.8 Å². The van der Waals surface area contributed by atoms with Crippen molar-refractivity contribution in [3.63, 3.8) is 0 Å². The fraction of sp³-hybridized carbons (Fsp3) is 0.190. The number of hydrogen-bond acceptors (Lipinski definition) is 5. The number of rotatable bonds is 7. The van der Waals surface area contributed by atoms with Crippen molar-refractivity contribution < 1.29 is 4.79 Å². The van der Waals surface area contributed by atoms with E-state index in [0.29, 0.717) is 16.7 Å². The van der Waals surface area contributed by atoms with Crippen LogP contribution in [0, 0.1) is 0 Å². The SMILES string of the molecule is CCN(CC)c1ccc(NC(=O)c2ccnc(Nc3ccc(Cl)cc3)n2)cc1. The van der Waals surface area contributed by atoms with Crippen molar-refractivity contribution in [1.29, 1.82) is 0 Å². The first-order valence-electron chi connectivity index (χ1n) is 9.11. The van der Waals surface area contributed by atoms with Crippen molar-refractivity contribution in [2.24, 2.45) is 0 Å². The van der Waals surface area contributed by atoms with Crippen LogP contribution in [-0.4, -0.2) is 29.0 Å². The predicted octanol–water partition coefficient (Wildman–Crippen LogP) is 4.97. The molecule has 0 aliphatic heterocycles. The summed E-state index contributed by atoms with van der Waals surface area (Å²) in [5.41, 5.74) is 2.90. The molecule has 7 heteroatoms. The topological polar surface area (TPSA) is 70.2 Å². The standard InChI is InChI=1S/C21H22ClN5O/c1-3-27(4-2)18-11-9-16(10-12-18)24-20(28)19-13-14-23-21(26-19)25-17-7-5-15(22)6-8-17/h5-14H,3-4H2,1-2H3,(H,24,28)(H,23,25,26). The molecular weight excluding hydrogens is 374 g/mol. The Morgan fingerprint density at radius 3 is 2.25 bits per heavy atom. The molecule has 1 aromatic heterocycles. The lowest BCUT2D eigenvalue weighted by molar-refractivity contribution is 0.102. The van der Waals surface area contributed by atoms with Gasteiger partial charge in [0.2, 0.25) is 5.95 Å². The van der Waals surface area contributed by atoms with Gasteiger partial charge in [0.05, 0.1) is 0 Å². The zero-order chi connectivity index (χ0) is 19.9. The largest absolute Gasteiger partial charge is 0.372 e. The normalized spacial score (nSPS) is 10.4. The van der Waals surface area contributed by atoms with Crippen molar-refractivity contribution >= 4 is 40.5 Å². The van der Waals surface area contributed by atoms with Gasteiger partial charge in [-0.2, -0.15) is 0 Å². The number of nitrogens with one attached hydrogen (secondary N) is 2. The van der Waals surface area contributed by atoms with Crippen LogP contribution in [0.3, 0.4) is 0 Å². The highest BCUT2D eigenvalue weighted by atomic mass is 35.5. The molecule has 6 nitrogen and oxygen atoms in total. The second-order valence-electron chi connectivity index (χ2n) is 6.07. The molecule has 2 aromatic carbocycles. The minimum Gasteiger partial charge on any atom is -0.372 e. The molecule has 0 radical (unpaired) electrons. The third kappa shape index (κ3) is 4.98. The first kappa shape index (κ1) is 19.6. The highest BCUT2D eigenvalue weighted by Gasteiger charge is 2.10. The molecule has 1 amide bonds. The molecule has 0 unspecified atom stereocenters. The molecule has 0 atom stereocenters. The number of anilines is 4. The van der Waals surface area contributed by atoms with E-state index in [1.54, 1.807) is 24.4 Å². The molecule has 1 heterocycles. The molecule has 0 aliphatic carbocycles. The number of nitrogens with zero attached hydrogens (tertiary/aromatic N) is 3. The Kier molecular flexibility index (Phi) is 6.45. The van der Waals surface area contributed by atoms with E-state index >= 15 is 0 Å². The number of aromatic nitrogens is 2. The Hall–Kier alpha value is -3.12. The Labute approximate surface area is 169 Å². The molecule has 0 bridgehead atoms. The quantitative estimate of drug-likeness (QED) is 0.590. The van der Waals surface area contributed by atoms with Crippen molar-refractivity contribution in [2.45, 2.75) is 13.8 Å². The molecule has 0 saturated heterocycles. The van der Waals surface area contributed by atoms with Gasteiger partial charge in [-0.15, -0.1) is 0 Å². The van der Waals surface area contributed by atoms with Gasteiger partial charge < -0.3 is 15.5 Å². The fourth-order valence-corrected chi connectivity index (χ4v) is 2.87. The van der Waals surface area contributed by atoms with Gasteiger partial charge in [-0.1, -0.05) is 11.6 Å². The van der Waals surface area contributed by atoms with E-state index in [0.717, 1.165) is 24.5 Å². The van der Waals surface area contributed by atoms with E-state index in [1.165, 1.54) is 0 Å². The van der Waals surface area contributed by atoms with Gasteiger partial charge >= 0.3 is 0 Å². The molecule has 3 rings (SSSR count). The van der Waals surface area contributed by atoms with E-state index in [2.05, 4.69) is 39.3 Å². The van der Waals surface area contributed by atoms with Gasteiger partial charge in [0, 0.05) is 41.4 Å². The van der Waals surface area contributed by atoms with E-state index in [1.807, 2.05) is 36.4 Å². The van der Waals surface area contributed by atoms with Crippen LogP contribution in [-0.2, 0) is 0 Å². The summed E-state index contributed by atoms with van der Waals surface area (Å²) in [7, 11) is 0. The zero-order valence-corrected chi connectivity index (χ0v) is 16.6. The number of carbonyl (C=O) groups is 1. The smallest absolute Gasteiger partial charge is 0.274 e. The Morgan fingerprint density at radius 1 is 0.964 bits per heavy atom. The summed E-state index contributed by atoms with van der Waals surface area (Å²) in [5, 5.41) is 6.57. The molecule has 0 fully saturated rings. The van der Waals surface area contributed by atoms with Gasteiger partial charge in [-0.25, -0.2) is 9.97 Å². The number of halogens is 1. The van der Waals surface area contributed by atoms with Crippen molar-refractivity contribution in [3.8, 4) is 0 Å². The Bertz CT molecular complexity index is 924. The molecule has 0 aliphatic rings. The average Bonchev–Trinajstić information content (AvgIpc) is 2.72. The summed E-state index contributed by atoms with van der Waals surface area (Å²) in [6.07, 6.45) is 1.55. The summed E-state index contributed by atoms with van der Waals surface area (Å²) < 4.78 is 0. The number of carbonyl (C=O) groups excluding carboxylic acids is 1. The van der Waals surface area contributed by atoms with Crippen molar-refractivity contribution in [2.75, 3.05) is 28.6 Å². The Balaban J connectivity index is 1.68. The highest BCUT2D eigenvalue weighted by molar-refractivity contribution is 6.30. The summed E-state index contributed by atoms with van der Waals surface area (Å²) in [6.45, 7) is 6.10. The number of benzene rings is 2. The molecule has 3 aromatic rings. The van der Waals surface area contributed by atoms with Crippen molar-refractivity contribution in [1.82, 2.24) is 9.97 Å². The van der Waals surface area contributed by atoms with E-state index in [-0.39, 0.29) is 11.6 Å². The average molecular weight is 396 g/mol. The minimum atomic E-state index is -0.294. The van der Waals surface area contributed by atoms with Crippen LogP contribution in [0.5, 0.6) is 0 Å². The number of amides is 1. The number of hydrogen-bond donors (Lipinski definition) is 2. The van der Waals surface area contributed by atoms with Gasteiger partial charge in [0.1, 0.15) is 5.69 Å². The lowest BCUT2D eigenvalue weighted by atomic mass is 10.2. The first-order valence-corrected chi connectivity index (χ1v) is 9.49. The van der Waals surface area contributed by atoms with Gasteiger partial charge in [-0.05, 0) is 68.4 Å². The maximum absolute atomic E-state index is 12.5. The lowest BCUT2D eigenvalue weighted by Gasteiger charge is -2.21. The Morgan fingerprint density at radius 2 is 1.61 bits per heavy atom. The van der Waals surface area contributed by atoms with E-state index in [9.17, 15) is 4.79 Å². The second kappa shape index (κ2) is 9.19. The van der Waals surface area contributed by atoms with Gasteiger partial charge in [0.25, 0.3) is 5.91 Å². The molecule has 0 spiro atoms. The zero-order valence-electron chi connectivity index (χ0n) is 15.8. The van der Waals surface area contributed by atoms with Crippen LogP contribution in [0.1, 0.15) is 24.3 Å². The highest BCUT2D eigenvalue weighted by Crippen LogP contribution is 2.19. The van der Waals surface area contributed by atoms with Gasteiger partial charge in [0.15, 0.2) is 0 Å². The maximum Gasteiger partial charge on any atom is 0.274 e. The van der Waals surface area contributed by atoms with E-state index < -0.39 is 0 Å². The minimum absolute atomic E-state index is 0.277.